The lowest BCUT2D eigenvalue weighted by atomic mass is 10.1. The molecule has 1 atom stereocenters. The number of unbranched alkanes of at least 4 members (excludes halogenated alkanes) is 2. The number of rotatable bonds is 9. The van der Waals surface area contributed by atoms with Crippen LogP contribution in [0.2, 0.25) is 0 Å². The first kappa shape index (κ1) is 20.0. The molecule has 0 aliphatic carbocycles. The summed E-state index contributed by atoms with van der Waals surface area (Å²) in [6, 6.07) is -0.221. The Bertz CT molecular complexity index is 370. The van der Waals surface area contributed by atoms with E-state index in [-0.39, 0.29) is 17.9 Å². The summed E-state index contributed by atoms with van der Waals surface area (Å²) in [7, 11) is 0. The molecule has 4 heteroatoms. The highest BCUT2D eigenvalue weighted by atomic mass is 16.2. The fraction of sp³-hybridized carbons (Fsp3) is 0.895. The molecule has 1 unspecified atom stereocenters. The van der Waals surface area contributed by atoms with E-state index in [0.717, 1.165) is 51.7 Å². The number of nitrogens with zero attached hydrogens (tertiary/aromatic N) is 2. The first-order chi connectivity index (χ1) is 10.9. The molecule has 1 aliphatic heterocycles. The maximum Gasteiger partial charge on any atom is 0.245 e. The van der Waals surface area contributed by atoms with E-state index < -0.39 is 0 Å². The van der Waals surface area contributed by atoms with Gasteiger partial charge in [0.15, 0.2) is 0 Å². The lowest BCUT2D eigenvalue weighted by molar-refractivity contribution is -0.144. The zero-order chi connectivity index (χ0) is 17.4. The molecule has 23 heavy (non-hydrogen) atoms. The Hall–Kier alpha value is -1.06. The largest absolute Gasteiger partial charge is 0.340 e. The molecule has 1 heterocycles. The number of amides is 2. The van der Waals surface area contributed by atoms with Crippen molar-refractivity contribution in [3.8, 4) is 0 Å². The van der Waals surface area contributed by atoms with Crippen LogP contribution in [0.5, 0.6) is 0 Å². The van der Waals surface area contributed by atoms with Crippen molar-refractivity contribution in [1.82, 2.24) is 9.80 Å². The summed E-state index contributed by atoms with van der Waals surface area (Å²) in [5, 5.41) is 0. The van der Waals surface area contributed by atoms with Gasteiger partial charge < -0.3 is 9.80 Å². The number of carbonyl (C=O) groups excluding carboxylic acids is 2. The highest BCUT2D eigenvalue weighted by Gasteiger charge is 2.36. The molecule has 2 amide bonds. The second-order valence-corrected chi connectivity index (χ2v) is 7.73. The molecule has 0 spiro atoms. The SMILES string of the molecule is CCCCCC(=O)N1CCCC1C(=O)N(CC(C)C)CC(C)C. The smallest absolute Gasteiger partial charge is 0.245 e. The van der Waals surface area contributed by atoms with Gasteiger partial charge >= 0.3 is 0 Å². The summed E-state index contributed by atoms with van der Waals surface area (Å²) < 4.78 is 0. The zero-order valence-electron chi connectivity index (χ0n) is 15.8. The van der Waals surface area contributed by atoms with Crippen molar-refractivity contribution >= 4 is 11.8 Å². The number of hydrogen-bond acceptors (Lipinski definition) is 2. The number of carbonyl (C=O) groups is 2. The molecule has 0 aromatic rings. The third-order valence-corrected chi connectivity index (χ3v) is 4.34. The molecule has 134 valence electrons. The molecule has 0 bridgehead atoms. The van der Waals surface area contributed by atoms with Crippen LogP contribution in [0, 0.1) is 11.8 Å². The normalized spacial score (nSPS) is 18.0. The molecular weight excluding hydrogens is 288 g/mol. The number of hydrogen-bond donors (Lipinski definition) is 0. The second-order valence-electron chi connectivity index (χ2n) is 7.73. The molecule has 0 aromatic heterocycles. The van der Waals surface area contributed by atoms with Crippen molar-refractivity contribution in [2.45, 2.75) is 79.2 Å². The lowest BCUT2D eigenvalue weighted by Gasteiger charge is -2.32. The van der Waals surface area contributed by atoms with E-state index in [1.54, 1.807) is 0 Å². The van der Waals surface area contributed by atoms with Crippen molar-refractivity contribution < 1.29 is 9.59 Å². The minimum atomic E-state index is -0.221. The van der Waals surface area contributed by atoms with Crippen LogP contribution < -0.4 is 0 Å². The van der Waals surface area contributed by atoms with Crippen molar-refractivity contribution in [2.24, 2.45) is 11.8 Å². The van der Waals surface area contributed by atoms with E-state index in [2.05, 4.69) is 34.6 Å². The average molecular weight is 325 g/mol. The van der Waals surface area contributed by atoms with Crippen molar-refractivity contribution in [2.75, 3.05) is 19.6 Å². The van der Waals surface area contributed by atoms with Crippen LogP contribution in [0.4, 0.5) is 0 Å². The maximum atomic E-state index is 13.0. The summed E-state index contributed by atoms with van der Waals surface area (Å²) in [6.45, 7) is 13.0. The first-order valence-electron chi connectivity index (χ1n) is 9.45. The van der Waals surface area contributed by atoms with Crippen LogP contribution in [-0.2, 0) is 9.59 Å². The number of likely N-dealkylation sites (tertiary alicyclic amines) is 1. The van der Waals surface area contributed by atoms with E-state index in [9.17, 15) is 9.59 Å². The van der Waals surface area contributed by atoms with Crippen LogP contribution in [0.25, 0.3) is 0 Å². The molecule has 4 nitrogen and oxygen atoms in total. The minimum absolute atomic E-state index is 0.161. The molecule has 0 radical (unpaired) electrons. The quantitative estimate of drug-likeness (QED) is 0.607. The average Bonchev–Trinajstić information content (AvgIpc) is 2.94. The van der Waals surface area contributed by atoms with E-state index >= 15 is 0 Å². The van der Waals surface area contributed by atoms with Gasteiger partial charge in [-0.25, -0.2) is 0 Å². The van der Waals surface area contributed by atoms with E-state index in [1.807, 2.05) is 9.80 Å². The highest BCUT2D eigenvalue weighted by molar-refractivity contribution is 5.88. The summed E-state index contributed by atoms with van der Waals surface area (Å²) in [5.74, 6) is 1.23. The zero-order valence-corrected chi connectivity index (χ0v) is 15.8. The second kappa shape index (κ2) is 9.94. The fourth-order valence-corrected chi connectivity index (χ4v) is 3.34. The van der Waals surface area contributed by atoms with Gasteiger partial charge in [0.05, 0.1) is 0 Å². The fourth-order valence-electron chi connectivity index (χ4n) is 3.34. The van der Waals surface area contributed by atoms with Gasteiger partial charge in [-0.15, -0.1) is 0 Å². The Kier molecular flexibility index (Phi) is 8.64. The molecule has 1 fully saturated rings. The summed E-state index contributed by atoms with van der Waals surface area (Å²) in [6.07, 6.45) is 5.51. The van der Waals surface area contributed by atoms with Crippen LogP contribution in [0.1, 0.15) is 73.1 Å². The van der Waals surface area contributed by atoms with Crippen LogP contribution in [0.15, 0.2) is 0 Å². The molecule has 1 aliphatic rings. The van der Waals surface area contributed by atoms with Crippen LogP contribution >= 0.6 is 0 Å². The molecule has 0 aromatic carbocycles. The van der Waals surface area contributed by atoms with Gasteiger partial charge in [-0.1, -0.05) is 47.5 Å². The molecular formula is C19H36N2O2. The molecule has 0 saturated carbocycles. The van der Waals surface area contributed by atoms with Gasteiger partial charge in [-0.2, -0.15) is 0 Å². The third kappa shape index (κ3) is 6.52. The van der Waals surface area contributed by atoms with Gasteiger partial charge in [-0.3, -0.25) is 9.59 Å². The summed E-state index contributed by atoms with van der Waals surface area (Å²) in [5.41, 5.74) is 0. The van der Waals surface area contributed by atoms with E-state index in [4.69, 9.17) is 0 Å². The van der Waals surface area contributed by atoms with Crippen LogP contribution in [0.3, 0.4) is 0 Å². The summed E-state index contributed by atoms with van der Waals surface area (Å²) in [4.78, 5) is 29.3. The van der Waals surface area contributed by atoms with Crippen molar-refractivity contribution in [3.63, 3.8) is 0 Å². The topological polar surface area (TPSA) is 40.6 Å². The Balaban J connectivity index is 2.71. The van der Waals surface area contributed by atoms with Crippen molar-refractivity contribution in [1.29, 1.82) is 0 Å². The van der Waals surface area contributed by atoms with Gasteiger partial charge in [0, 0.05) is 26.1 Å². The maximum absolute atomic E-state index is 13.0. The standard InChI is InChI=1S/C19H36N2O2/c1-6-7-8-11-18(22)21-12-9-10-17(21)19(23)20(13-15(2)3)14-16(4)5/h15-17H,6-14H2,1-5H3. The van der Waals surface area contributed by atoms with Crippen LogP contribution in [-0.4, -0.2) is 47.3 Å². The van der Waals surface area contributed by atoms with E-state index in [0.29, 0.717) is 18.3 Å². The molecule has 1 rings (SSSR count). The minimum Gasteiger partial charge on any atom is -0.340 e. The first-order valence-corrected chi connectivity index (χ1v) is 9.45. The Morgan fingerprint density at radius 2 is 1.70 bits per heavy atom. The van der Waals surface area contributed by atoms with Gasteiger partial charge in [0.1, 0.15) is 6.04 Å². The molecule has 0 N–H and O–H groups in total. The van der Waals surface area contributed by atoms with E-state index in [1.165, 1.54) is 0 Å². The summed E-state index contributed by atoms with van der Waals surface area (Å²) >= 11 is 0. The van der Waals surface area contributed by atoms with Gasteiger partial charge in [0.25, 0.3) is 0 Å². The van der Waals surface area contributed by atoms with Gasteiger partial charge in [-0.05, 0) is 31.1 Å². The monoisotopic (exact) mass is 324 g/mol. The lowest BCUT2D eigenvalue weighted by Crippen LogP contribution is -2.49. The Morgan fingerprint density at radius 1 is 1.09 bits per heavy atom. The van der Waals surface area contributed by atoms with Crippen molar-refractivity contribution in [3.05, 3.63) is 0 Å². The predicted octanol–water partition coefficient (Wildman–Crippen LogP) is 3.70. The predicted molar refractivity (Wildman–Crippen MR) is 95.1 cm³/mol. The Morgan fingerprint density at radius 3 is 2.22 bits per heavy atom. The molecule has 1 saturated heterocycles. The third-order valence-electron chi connectivity index (χ3n) is 4.34. The Labute approximate surface area is 142 Å². The highest BCUT2D eigenvalue weighted by Crippen LogP contribution is 2.22. The van der Waals surface area contributed by atoms with Gasteiger partial charge in [0.2, 0.25) is 11.8 Å².